The molecule has 0 spiro atoms. The van der Waals surface area contributed by atoms with Gasteiger partial charge in [0.2, 0.25) is 0 Å². The number of pyridine rings is 1. The first-order valence-electron chi connectivity index (χ1n) is 6.81. The number of fused-ring (bicyclic) bond motifs is 1. The minimum absolute atomic E-state index is 0.0473. The Kier molecular flexibility index (Phi) is 3.71. The Labute approximate surface area is 122 Å². The Bertz CT molecular complexity index is 807. The highest BCUT2D eigenvalue weighted by atomic mass is 16.3. The zero-order valence-electron chi connectivity index (χ0n) is 11.5. The molecule has 0 saturated carbocycles. The van der Waals surface area contributed by atoms with Crippen molar-refractivity contribution in [1.29, 1.82) is 0 Å². The van der Waals surface area contributed by atoms with Crippen molar-refractivity contribution in [2.75, 3.05) is 5.32 Å². The second kappa shape index (κ2) is 5.81. The van der Waals surface area contributed by atoms with Gasteiger partial charge in [0.1, 0.15) is 5.82 Å². The van der Waals surface area contributed by atoms with Crippen LogP contribution in [0.25, 0.3) is 10.8 Å². The van der Waals surface area contributed by atoms with Gasteiger partial charge in [-0.1, -0.05) is 42.5 Å². The van der Waals surface area contributed by atoms with E-state index in [1.807, 2.05) is 54.6 Å². The van der Waals surface area contributed by atoms with Gasteiger partial charge in [0.15, 0.2) is 0 Å². The maximum atomic E-state index is 12.0. The molecule has 0 aliphatic carbocycles. The number of aliphatic hydroxyl groups excluding tert-OH is 1. The van der Waals surface area contributed by atoms with Crippen LogP contribution in [0, 0.1) is 0 Å². The second-order valence-corrected chi connectivity index (χ2v) is 4.93. The molecular formula is C17H16N2O2. The third-order valence-corrected chi connectivity index (χ3v) is 3.44. The second-order valence-electron chi connectivity index (χ2n) is 4.93. The molecule has 0 bridgehead atoms. The van der Waals surface area contributed by atoms with E-state index in [2.05, 4.69) is 10.3 Å². The molecule has 0 fully saturated rings. The molecular weight excluding hydrogens is 264 g/mol. The van der Waals surface area contributed by atoms with Crippen LogP contribution in [0.15, 0.2) is 59.4 Å². The normalized spacial score (nSPS) is 10.7. The summed E-state index contributed by atoms with van der Waals surface area (Å²) in [5, 5.41) is 13.8. The van der Waals surface area contributed by atoms with E-state index in [4.69, 9.17) is 5.11 Å². The van der Waals surface area contributed by atoms with Crippen LogP contribution >= 0.6 is 0 Å². The summed E-state index contributed by atoms with van der Waals surface area (Å²) in [4.78, 5) is 14.8. The minimum Gasteiger partial charge on any atom is -0.392 e. The average Bonchev–Trinajstić information content (AvgIpc) is 2.53. The number of nitrogens with one attached hydrogen (secondary N) is 2. The molecule has 0 saturated heterocycles. The third kappa shape index (κ3) is 2.95. The number of aromatic nitrogens is 1. The van der Waals surface area contributed by atoms with Gasteiger partial charge in [0.25, 0.3) is 5.56 Å². The largest absolute Gasteiger partial charge is 0.392 e. The lowest BCUT2D eigenvalue weighted by atomic mass is 10.1. The maximum Gasteiger partial charge on any atom is 0.257 e. The highest BCUT2D eigenvalue weighted by Crippen LogP contribution is 2.13. The van der Waals surface area contributed by atoms with Crippen molar-refractivity contribution in [1.82, 2.24) is 4.98 Å². The van der Waals surface area contributed by atoms with E-state index in [1.54, 1.807) is 0 Å². The van der Waals surface area contributed by atoms with Crippen LogP contribution in [0.2, 0.25) is 0 Å². The van der Waals surface area contributed by atoms with Crippen LogP contribution in [-0.2, 0) is 13.2 Å². The predicted molar refractivity (Wildman–Crippen MR) is 84.3 cm³/mol. The lowest BCUT2D eigenvalue weighted by Gasteiger charge is -2.08. The summed E-state index contributed by atoms with van der Waals surface area (Å²) in [5.74, 6) is 0.699. The molecule has 4 nitrogen and oxygen atoms in total. The number of hydrogen-bond donors (Lipinski definition) is 3. The first-order chi connectivity index (χ1) is 10.3. The standard InChI is InChI=1S/C17H16N2O2/c20-11-13-7-5-12(6-8-13)10-18-16-9-14-3-1-2-4-15(14)17(21)19-16/h1-9,20H,10-11H2,(H2,18,19,21). The quantitative estimate of drug-likeness (QED) is 0.688. The summed E-state index contributed by atoms with van der Waals surface area (Å²) in [7, 11) is 0. The molecule has 2 aromatic carbocycles. The van der Waals surface area contributed by atoms with Crippen molar-refractivity contribution in [3.8, 4) is 0 Å². The predicted octanol–water partition coefficient (Wildman–Crippen LogP) is 2.63. The fraction of sp³-hybridized carbons (Fsp3) is 0.118. The Morgan fingerprint density at radius 2 is 1.71 bits per heavy atom. The first kappa shape index (κ1) is 13.4. The van der Waals surface area contributed by atoms with E-state index in [0.29, 0.717) is 17.7 Å². The van der Waals surface area contributed by atoms with Crippen molar-refractivity contribution in [2.24, 2.45) is 0 Å². The Morgan fingerprint density at radius 1 is 1.00 bits per heavy atom. The van der Waals surface area contributed by atoms with Crippen molar-refractivity contribution in [3.63, 3.8) is 0 Å². The Balaban J connectivity index is 1.80. The smallest absolute Gasteiger partial charge is 0.257 e. The van der Waals surface area contributed by atoms with Crippen LogP contribution in [0.5, 0.6) is 0 Å². The van der Waals surface area contributed by atoms with Crippen molar-refractivity contribution in [3.05, 3.63) is 76.1 Å². The van der Waals surface area contributed by atoms with E-state index in [0.717, 1.165) is 16.5 Å². The van der Waals surface area contributed by atoms with Crippen LogP contribution in [-0.4, -0.2) is 10.1 Å². The molecule has 0 aliphatic rings. The van der Waals surface area contributed by atoms with E-state index in [9.17, 15) is 4.79 Å². The molecule has 1 heterocycles. The van der Waals surface area contributed by atoms with E-state index in [-0.39, 0.29) is 12.2 Å². The number of rotatable bonds is 4. The van der Waals surface area contributed by atoms with E-state index < -0.39 is 0 Å². The number of anilines is 1. The molecule has 0 atom stereocenters. The molecule has 3 aromatic rings. The number of aliphatic hydroxyl groups is 1. The van der Waals surface area contributed by atoms with Gasteiger partial charge in [-0.15, -0.1) is 0 Å². The Hall–Kier alpha value is -2.59. The van der Waals surface area contributed by atoms with Gasteiger partial charge in [-0.05, 0) is 28.6 Å². The monoisotopic (exact) mass is 280 g/mol. The fourth-order valence-corrected chi connectivity index (χ4v) is 2.27. The number of hydrogen-bond acceptors (Lipinski definition) is 3. The molecule has 0 unspecified atom stereocenters. The SMILES string of the molecule is O=c1[nH]c(NCc2ccc(CO)cc2)cc2ccccc12. The number of benzene rings is 2. The summed E-state index contributed by atoms with van der Waals surface area (Å²) < 4.78 is 0. The van der Waals surface area contributed by atoms with Gasteiger partial charge in [-0.25, -0.2) is 0 Å². The van der Waals surface area contributed by atoms with Crippen LogP contribution < -0.4 is 10.9 Å². The van der Waals surface area contributed by atoms with Gasteiger partial charge >= 0.3 is 0 Å². The molecule has 21 heavy (non-hydrogen) atoms. The van der Waals surface area contributed by atoms with Gasteiger partial charge in [0, 0.05) is 11.9 Å². The summed E-state index contributed by atoms with van der Waals surface area (Å²) in [6.45, 7) is 0.658. The molecule has 3 N–H and O–H groups in total. The number of aromatic amines is 1. The van der Waals surface area contributed by atoms with E-state index in [1.165, 1.54) is 0 Å². The first-order valence-corrected chi connectivity index (χ1v) is 6.81. The summed E-state index contributed by atoms with van der Waals surface area (Å²) in [6.07, 6.45) is 0. The molecule has 3 rings (SSSR count). The van der Waals surface area contributed by atoms with Gasteiger partial charge in [0.05, 0.1) is 6.61 Å². The highest BCUT2D eigenvalue weighted by molar-refractivity contribution is 5.83. The summed E-state index contributed by atoms with van der Waals surface area (Å²) in [6, 6.07) is 17.1. The van der Waals surface area contributed by atoms with Crippen molar-refractivity contribution in [2.45, 2.75) is 13.2 Å². The zero-order chi connectivity index (χ0) is 14.7. The molecule has 0 aliphatic heterocycles. The minimum atomic E-state index is -0.0915. The van der Waals surface area contributed by atoms with Gasteiger partial charge in [-0.2, -0.15) is 0 Å². The third-order valence-electron chi connectivity index (χ3n) is 3.44. The molecule has 0 amide bonds. The molecule has 0 radical (unpaired) electrons. The highest BCUT2D eigenvalue weighted by Gasteiger charge is 2.01. The van der Waals surface area contributed by atoms with Crippen molar-refractivity contribution >= 4 is 16.6 Å². The van der Waals surface area contributed by atoms with Crippen LogP contribution in [0.4, 0.5) is 5.82 Å². The summed E-state index contributed by atoms with van der Waals surface area (Å²) >= 11 is 0. The zero-order valence-corrected chi connectivity index (χ0v) is 11.5. The van der Waals surface area contributed by atoms with Gasteiger partial charge < -0.3 is 15.4 Å². The number of H-pyrrole nitrogens is 1. The topological polar surface area (TPSA) is 65.1 Å². The van der Waals surface area contributed by atoms with Crippen LogP contribution in [0.3, 0.4) is 0 Å². The van der Waals surface area contributed by atoms with Crippen LogP contribution in [0.1, 0.15) is 11.1 Å². The van der Waals surface area contributed by atoms with Crippen molar-refractivity contribution < 1.29 is 5.11 Å². The molecule has 1 aromatic heterocycles. The lowest BCUT2D eigenvalue weighted by Crippen LogP contribution is -2.10. The van der Waals surface area contributed by atoms with Gasteiger partial charge in [-0.3, -0.25) is 4.79 Å². The molecule has 106 valence electrons. The summed E-state index contributed by atoms with van der Waals surface area (Å²) in [5.41, 5.74) is 1.88. The molecule has 4 heteroatoms. The average molecular weight is 280 g/mol. The van der Waals surface area contributed by atoms with E-state index >= 15 is 0 Å². The maximum absolute atomic E-state index is 12.0. The lowest BCUT2D eigenvalue weighted by molar-refractivity contribution is 0.282. The fourth-order valence-electron chi connectivity index (χ4n) is 2.27. The Morgan fingerprint density at radius 3 is 2.48 bits per heavy atom.